The summed E-state index contributed by atoms with van der Waals surface area (Å²) in [5, 5.41) is 0.554. The fourth-order valence-corrected chi connectivity index (χ4v) is 4.01. The summed E-state index contributed by atoms with van der Waals surface area (Å²) in [5.74, 6) is 0.503. The van der Waals surface area contributed by atoms with Gasteiger partial charge in [0, 0.05) is 19.0 Å². The topological polar surface area (TPSA) is 42.4 Å². The highest BCUT2D eigenvalue weighted by Crippen LogP contribution is 2.31. The number of ether oxygens (including phenoxy) is 1. The number of amides is 1. The summed E-state index contributed by atoms with van der Waals surface area (Å²) in [6, 6.07) is 8.62. The molecule has 3 rings (SSSR count). The fourth-order valence-electron chi connectivity index (χ4n) is 3.16. The lowest BCUT2D eigenvalue weighted by Crippen LogP contribution is -2.39. The summed E-state index contributed by atoms with van der Waals surface area (Å²) in [6.07, 6.45) is 2.18. The van der Waals surface area contributed by atoms with Crippen LogP contribution in [0.25, 0.3) is 0 Å². The van der Waals surface area contributed by atoms with Gasteiger partial charge in [0.05, 0.1) is 12.8 Å². The summed E-state index contributed by atoms with van der Waals surface area (Å²) < 4.78 is 5.15. The third-order valence-electron chi connectivity index (χ3n) is 4.37. The van der Waals surface area contributed by atoms with E-state index in [2.05, 4.69) is 36.2 Å². The summed E-state index contributed by atoms with van der Waals surface area (Å²) in [5.41, 5.74) is 3.37. The summed E-state index contributed by atoms with van der Waals surface area (Å²) in [7, 11) is 1.58. The van der Waals surface area contributed by atoms with Crippen LogP contribution in [0.2, 0.25) is 0 Å². The molecule has 0 spiro atoms. The molecule has 1 aliphatic heterocycles. The van der Waals surface area contributed by atoms with E-state index in [9.17, 15) is 4.79 Å². The van der Waals surface area contributed by atoms with Gasteiger partial charge in [0.25, 0.3) is 11.1 Å². The number of aromatic nitrogens is 1. The molecule has 1 atom stereocenters. The highest BCUT2D eigenvalue weighted by Gasteiger charge is 2.28. The Morgan fingerprint density at radius 1 is 1.39 bits per heavy atom. The zero-order valence-corrected chi connectivity index (χ0v) is 14.7. The lowest BCUT2D eigenvalue weighted by molar-refractivity contribution is 0.0711. The Balaban J connectivity index is 1.77. The molecule has 2 aromatic rings. The molecule has 1 aliphatic rings. The quantitative estimate of drug-likeness (QED) is 0.860. The van der Waals surface area contributed by atoms with Crippen molar-refractivity contribution in [2.75, 3.05) is 20.2 Å². The predicted molar refractivity (Wildman–Crippen MR) is 92.5 cm³/mol. The van der Waals surface area contributed by atoms with Crippen LogP contribution in [0.3, 0.4) is 0 Å². The second-order valence-electron chi connectivity index (χ2n) is 6.10. The molecule has 1 fully saturated rings. The number of thiazole rings is 1. The van der Waals surface area contributed by atoms with Gasteiger partial charge < -0.3 is 9.64 Å². The smallest absolute Gasteiger partial charge is 0.273 e. The van der Waals surface area contributed by atoms with Gasteiger partial charge in [0.15, 0.2) is 0 Å². The Morgan fingerprint density at radius 3 is 2.91 bits per heavy atom. The number of piperidine rings is 1. The molecule has 122 valence electrons. The molecular formula is C18H22N2O2S. The first-order chi connectivity index (χ1) is 11.1. The van der Waals surface area contributed by atoms with E-state index in [0.717, 1.165) is 31.6 Å². The summed E-state index contributed by atoms with van der Waals surface area (Å²) in [4.78, 5) is 19.8. The Bertz CT molecular complexity index is 711. The highest BCUT2D eigenvalue weighted by atomic mass is 32.1. The normalized spacial score (nSPS) is 18.0. The average Bonchev–Trinajstić information content (AvgIpc) is 2.95. The van der Waals surface area contributed by atoms with E-state index in [1.54, 1.807) is 7.11 Å². The van der Waals surface area contributed by atoms with Gasteiger partial charge in [0.2, 0.25) is 0 Å². The van der Waals surface area contributed by atoms with E-state index in [1.165, 1.54) is 22.5 Å². The number of carbonyl (C=O) groups excluding carboxylic acids is 1. The molecule has 1 saturated heterocycles. The van der Waals surface area contributed by atoms with Gasteiger partial charge in [-0.25, -0.2) is 4.98 Å². The maximum atomic E-state index is 12.8. The number of methoxy groups -OCH3 is 1. The zero-order chi connectivity index (χ0) is 16.4. The Kier molecular flexibility index (Phi) is 4.66. The van der Waals surface area contributed by atoms with Gasteiger partial charge in [-0.05, 0) is 32.3 Å². The van der Waals surface area contributed by atoms with Crippen LogP contribution in [0.15, 0.2) is 24.3 Å². The molecule has 0 N–H and O–H groups in total. The number of nitrogens with zero attached hydrogens (tertiary/aromatic N) is 2. The van der Waals surface area contributed by atoms with Crippen LogP contribution < -0.4 is 4.74 Å². The van der Waals surface area contributed by atoms with Crippen LogP contribution in [0.5, 0.6) is 5.19 Å². The average molecular weight is 330 g/mol. The van der Waals surface area contributed by atoms with E-state index in [0.29, 0.717) is 16.0 Å². The van der Waals surface area contributed by atoms with Crippen LogP contribution in [-0.2, 0) is 0 Å². The molecular weight excluding hydrogens is 308 g/mol. The number of hydrogen-bond donors (Lipinski definition) is 0. The van der Waals surface area contributed by atoms with Crippen molar-refractivity contribution in [3.8, 4) is 5.19 Å². The van der Waals surface area contributed by atoms with Crippen molar-refractivity contribution in [3.63, 3.8) is 0 Å². The highest BCUT2D eigenvalue weighted by molar-refractivity contribution is 7.15. The Morgan fingerprint density at radius 2 is 2.22 bits per heavy atom. The molecule has 2 heterocycles. The molecule has 4 nitrogen and oxygen atoms in total. The Hall–Kier alpha value is -1.88. The van der Waals surface area contributed by atoms with E-state index >= 15 is 0 Å². The largest absolute Gasteiger partial charge is 0.473 e. The molecule has 0 aliphatic carbocycles. The molecule has 1 aromatic carbocycles. The SMILES string of the molecule is COc1nc(C)c(C(=O)N2CCC[C@H](c3cccc(C)c3)C2)s1. The van der Waals surface area contributed by atoms with Crippen LogP contribution >= 0.6 is 11.3 Å². The predicted octanol–water partition coefficient (Wildman–Crippen LogP) is 3.79. The monoisotopic (exact) mass is 330 g/mol. The minimum atomic E-state index is 0.0839. The third kappa shape index (κ3) is 3.39. The number of carbonyl (C=O) groups is 1. The van der Waals surface area contributed by atoms with Gasteiger partial charge in [0.1, 0.15) is 4.88 Å². The lowest BCUT2D eigenvalue weighted by atomic mass is 9.90. The molecule has 0 unspecified atom stereocenters. The van der Waals surface area contributed by atoms with Gasteiger partial charge in [-0.1, -0.05) is 41.2 Å². The van der Waals surface area contributed by atoms with Gasteiger partial charge in [-0.3, -0.25) is 4.79 Å². The Labute approximate surface area is 141 Å². The molecule has 0 radical (unpaired) electrons. The third-order valence-corrected chi connectivity index (χ3v) is 5.47. The van der Waals surface area contributed by atoms with E-state index < -0.39 is 0 Å². The van der Waals surface area contributed by atoms with Crippen molar-refractivity contribution in [3.05, 3.63) is 46.0 Å². The van der Waals surface area contributed by atoms with E-state index in [4.69, 9.17) is 4.74 Å². The van der Waals surface area contributed by atoms with Crippen LogP contribution in [0.4, 0.5) is 0 Å². The van der Waals surface area contributed by atoms with Crippen molar-refractivity contribution in [2.24, 2.45) is 0 Å². The van der Waals surface area contributed by atoms with E-state index in [1.807, 2.05) is 11.8 Å². The first kappa shape index (κ1) is 16.0. The first-order valence-corrected chi connectivity index (χ1v) is 8.77. The van der Waals surface area contributed by atoms with Gasteiger partial charge in [-0.15, -0.1) is 0 Å². The minimum absolute atomic E-state index is 0.0839. The number of hydrogen-bond acceptors (Lipinski definition) is 4. The molecule has 0 bridgehead atoms. The number of likely N-dealkylation sites (tertiary alicyclic amines) is 1. The number of aryl methyl sites for hydroxylation is 2. The molecule has 23 heavy (non-hydrogen) atoms. The van der Waals surface area contributed by atoms with Crippen molar-refractivity contribution < 1.29 is 9.53 Å². The maximum Gasteiger partial charge on any atom is 0.273 e. The summed E-state index contributed by atoms with van der Waals surface area (Å²) in [6.45, 7) is 5.58. The van der Waals surface area contributed by atoms with Crippen LogP contribution in [0.1, 0.15) is 45.3 Å². The van der Waals surface area contributed by atoms with Crippen LogP contribution in [-0.4, -0.2) is 36.0 Å². The summed E-state index contributed by atoms with van der Waals surface area (Å²) >= 11 is 1.34. The standard InChI is InChI=1S/C18H22N2O2S/c1-12-6-4-7-14(10-12)15-8-5-9-20(11-15)17(21)16-13(2)19-18(22-3)23-16/h4,6-7,10,15H,5,8-9,11H2,1-3H3/t15-/m0/s1. The second-order valence-corrected chi connectivity index (χ2v) is 7.06. The number of benzene rings is 1. The van der Waals surface area contributed by atoms with Crippen molar-refractivity contribution in [1.82, 2.24) is 9.88 Å². The lowest BCUT2D eigenvalue weighted by Gasteiger charge is -2.33. The minimum Gasteiger partial charge on any atom is -0.473 e. The molecule has 5 heteroatoms. The number of rotatable bonds is 3. The van der Waals surface area contributed by atoms with Crippen molar-refractivity contribution in [2.45, 2.75) is 32.6 Å². The van der Waals surface area contributed by atoms with Crippen molar-refractivity contribution >= 4 is 17.2 Å². The first-order valence-electron chi connectivity index (χ1n) is 7.95. The molecule has 1 aromatic heterocycles. The molecule has 0 saturated carbocycles. The second kappa shape index (κ2) is 6.71. The van der Waals surface area contributed by atoms with Gasteiger partial charge in [-0.2, -0.15) is 0 Å². The van der Waals surface area contributed by atoms with Crippen molar-refractivity contribution in [1.29, 1.82) is 0 Å². The maximum absolute atomic E-state index is 12.8. The van der Waals surface area contributed by atoms with Crippen LogP contribution in [0, 0.1) is 13.8 Å². The molecule has 1 amide bonds. The van der Waals surface area contributed by atoms with E-state index in [-0.39, 0.29) is 5.91 Å². The fraction of sp³-hybridized carbons (Fsp3) is 0.444. The van der Waals surface area contributed by atoms with Gasteiger partial charge >= 0.3 is 0 Å². The zero-order valence-electron chi connectivity index (χ0n) is 13.8.